The van der Waals surface area contributed by atoms with Gasteiger partial charge < -0.3 is 20.7 Å². The first kappa shape index (κ1) is 21.8. The number of para-hydroxylation sites is 1. The van der Waals surface area contributed by atoms with Crippen molar-refractivity contribution in [2.24, 2.45) is 5.73 Å². The second-order valence-corrected chi connectivity index (χ2v) is 7.41. The first-order valence-electron chi connectivity index (χ1n) is 10.5. The number of anilines is 2. The average Bonchev–Trinajstić information content (AvgIpc) is 3.14. The van der Waals surface area contributed by atoms with Gasteiger partial charge in [-0.15, -0.1) is 0 Å². The van der Waals surface area contributed by atoms with E-state index in [0.717, 1.165) is 5.56 Å². The predicted octanol–water partition coefficient (Wildman–Crippen LogP) is 3.68. The number of amides is 2. The van der Waals surface area contributed by atoms with Crippen molar-refractivity contribution < 1.29 is 19.1 Å². The fourth-order valence-electron chi connectivity index (χ4n) is 3.84. The van der Waals surface area contributed by atoms with Crippen molar-refractivity contribution in [1.82, 2.24) is 0 Å². The Morgan fingerprint density at radius 2 is 1.61 bits per heavy atom. The molecule has 0 saturated carbocycles. The zero-order valence-corrected chi connectivity index (χ0v) is 18.1. The number of carbonyl (C=O) groups excluding carboxylic acids is 3. The number of ether oxygens (including phenoxy) is 1. The number of nitrogens with zero attached hydrogens (tertiary/aromatic N) is 1. The lowest BCUT2D eigenvalue weighted by molar-refractivity contribution is -0.116. The second-order valence-electron chi connectivity index (χ2n) is 7.41. The summed E-state index contributed by atoms with van der Waals surface area (Å²) < 4.78 is 5.07. The number of esters is 1. The summed E-state index contributed by atoms with van der Waals surface area (Å²) >= 11 is 0. The number of primary amides is 1. The minimum absolute atomic E-state index is 0.124. The molecule has 7 heteroatoms. The van der Waals surface area contributed by atoms with Crippen molar-refractivity contribution in [2.75, 3.05) is 23.4 Å². The molecule has 0 saturated heterocycles. The molecule has 3 aromatic rings. The molecule has 2 amide bonds. The van der Waals surface area contributed by atoms with E-state index in [1.165, 1.54) is 0 Å². The summed E-state index contributed by atoms with van der Waals surface area (Å²) in [5.74, 6) is -1.34. The minimum Gasteiger partial charge on any atom is -0.462 e. The highest BCUT2D eigenvalue weighted by molar-refractivity contribution is 6.38. The van der Waals surface area contributed by atoms with Crippen LogP contribution < -0.4 is 16.0 Å². The van der Waals surface area contributed by atoms with Crippen LogP contribution in [0.25, 0.3) is 11.3 Å². The maximum Gasteiger partial charge on any atom is 0.338 e. The molecule has 0 aliphatic carbocycles. The quantitative estimate of drug-likeness (QED) is 0.430. The molecule has 166 valence electrons. The van der Waals surface area contributed by atoms with Gasteiger partial charge in [-0.1, -0.05) is 54.6 Å². The Kier molecular flexibility index (Phi) is 6.22. The average molecular weight is 441 g/mol. The Morgan fingerprint density at radius 1 is 0.939 bits per heavy atom. The lowest BCUT2D eigenvalue weighted by Gasteiger charge is -2.28. The van der Waals surface area contributed by atoms with E-state index in [0.29, 0.717) is 33.8 Å². The van der Waals surface area contributed by atoms with Gasteiger partial charge in [0.2, 0.25) is 5.91 Å². The van der Waals surface area contributed by atoms with Crippen molar-refractivity contribution in [3.63, 3.8) is 0 Å². The largest absolute Gasteiger partial charge is 0.462 e. The summed E-state index contributed by atoms with van der Waals surface area (Å²) in [4.78, 5) is 39.2. The van der Waals surface area contributed by atoms with Gasteiger partial charge in [-0.25, -0.2) is 4.79 Å². The van der Waals surface area contributed by atoms with Gasteiger partial charge in [0.1, 0.15) is 6.54 Å². The number of benzene rings is 3. The van der Waals surface area contributed by atoms with Crippen LogP contribution in [-0.2, 0) is 14.3 Å². The molecule has 0 aromatic heterocycles. The molecule has 33 heavy (non-hydrogen) atoms. The maximum absolute atomic E-state index is 13.2. The second kappa shape index (κ2) is 9.40. The molecule has 3 aromatic carbocycles. The molecule has 0 atom stereocenters. The number of carbonyl (C=O) groups is 3. The zero-order chi connectivity index (χ0) is 23.4. The molecule has 0 unspecified atom stereocenters. The van der Waals surface area contributed by atoms with E-state index >= 15 is 0 Å². The Balaban J connectivity index is 1.95. The lowest BCUT2D eigenvalue weighted by atomic mass is 9.97. The highest BCUT2D eigenvalue weighted by Gasteiger charge is 2.32. The van der Waals surface area contributed by atoms with Crippen molar-refractivity contribution in [1.29, 1.82) is 0 Å². The van der Waals surface area contributed by atoms with Crippen LogP contribution in [0.15, 0.2) is 78.9 Å². The van der Waals surface area contributed by atoms with Crippen LogP contribution in [0.2, 0.25) is 0 Å². The van der Waals surface area contributed by atoms with Gasteiger partial charge in [0.15, 0.2) is 0 Å². The highest BCUT2D eigenvalue weighted by atomic mass is 16.5. The van der Waals surface area contributed by atoms with Crippen molar-refractivity contribution in [2.45, 2.75) is 6.92 Å². The molecule has 0 bridgehead atoms. The third-order valence-corrected chi connectivity index (χ3v) is 5.21. The number of nitrogens with two attached hydrogens (primary N) is 1. The van der Waals surface area contributed by atoms with E-state index in [-0.39, 0.29) is 19.1 Å². The SMILES string of the molecule is CCOC(=O)c1ccc2c(c1)NC(=O)C2=C(c1ccccc1)N(CC(N)=O)c1ccccc1. The van der Waals surface area contributed by atoms with E-state index in [1.54, 1.807) is 30.0 Å². The third-order valence-electron chi connectivity index (χ3n) is 5.21. The van der Waals surface area contributed by atoms with Gasteiger partial charge in [-0.2, -0.15) is 0 Å². The van der Waals surface area contributed by atoms with E-state index in [4.69, 9.17) is 10.5 Å². The van der Waals surface area contributed by atoms with E-state index in [1.807, 2.05) is 60.7 Å². The summed E-state index contributed by atoms with van der Waals surface area (Å²) in [6, 6.07) is 23.6. The van der Waals surface area contributed by atoms with Crippen LogP contribution in [0.3, 0.4) is 0 Å². The topological polar surface area (TPSA) is 102 Å². The van der Waals surface area contributed by atoms with Crippen molar-refractivity contribution in [3.8, 4) is 0 Å². The van der Waals surface area contributed by atoms with Gasteiger partial charge in [-0.3, -0.25) is 9.59 Å². The molecule has 1 aliphatic rings. The smallest absolute Gasteiger partial charge is 0.338 e. The minimum atomic E-state index is -0.538. The fraction of sp³-hybridized carbons (Fsp3) is 0.115. The molecule has 0 radical (unpaired) electrons. The summed E-state index contributed by atoms with van der Waals surface area (Å²) in [6.45, 7) is 1.86. The third kappa shape index (κ3) is 4.48. The number of rotatable bonds is 7. The van der Waals surface area contributed by atoms with Crippen LogP contribution >= 0.6 is 0 Å². The Morgan fingerprint density at radius 3 is 2.24 bits per heavy atom. The monoisotopic (exact) mass is 441 g/mol. The lowest BCUT2D eigenvalue weighted by Crippen LogP contribution is -2.33. The van der Waals surface area contributed by atoms with Crippen molar-refractivity contribution in [3.05, 3.63) is 95.6 Å². The zero-order valence-electron chi connectivity index (χ0n) is 18.1. The molecule has 0 fully saturated rings. The molecule has 7 nitrogen and oxygen atoms in total. The van der Waals surface area contributed by atoms with Gasteiger partial charge in [0.25, 0.3) is 5.91 Å². The first-order valence-corrected chi connectivity index (χ1v) is 10.5. The Labute approximate surface area is 191 Å². The van der Waals surface area contributed by atoms with Crippen LogP contribution in [0.4, 0.5) is 11.4 Å². The Bertz CT molecular complexity index is 1240. The summed E-state index contributed by atoms with van der Waals surface area (Å²) in [5.41, 5.74) is 9.46. The van der Waals surface area contributed by atoms with Gasteiger partial charge in [0.05, 0.1) is 29.1 Å². The van der Waals surface area contributed by atoms with E-state index in [2.05, 4.69) is 5.32 Å². The predicted molar refractivity (Wildman–Crippen MR) is 127 cm³/mol. The number of hydrogen-bond donors (Lipinski definition) is 2. The van der Waals surface area contributed by atoms with Gasteiger partial charge >= 0.3 is 5.97 Å². The Hall–Kier alpha value is -4.39. The molecule has 1 aliphatic heterocycles. The standard InChI is InChI=1S/C26H23N3O4/c1-2-33-26(32)18-13-14-20-21(15-18)28-25(31)23(20)24(17-9-5-3-6-10-17)29(16-22(27)30)19-11-7-4-8-12-19/h3-15H,2,16H2,1H3,(H2,27,30)(H,28,31). The summed E-state index contributed by atoms with van der Waals surface area (Å²) in [5, 5.41) is 2.85. The van der Waals surface area contributed by atoms with Gasteiger partial charge in [-0.05, 0) is 36.8 Å². The molecule has 0 spiro atoms. The number of hydrogen-bond acceptors (Lipinski definition) is 5. The summed E-state index contributed by atoms with van der Waals surface area (Å²) in [6.07, 6.45) is 0. The molecule has 4 rings (SSSR count). The molecular weight excluding hydrogens is 418 g/mol. The first-order chi connectivity index (χ1) is 16.0. The number of nitrogens with one attached hydrogen (secondary N) is 1. The fourth-order valence-corrected chi connectivity index (χ4v) is 3.84. The summed E-state index contributed by atoms with van der Waals surface area (Å²) in [7, 11) is 0. The van der Waals surface area contributed by atoms with Crippen LogP contribution in [0.1, 0.15) is 28.4 Å². The maximum atomic E-state index is 13.2. The van der Waals surface area contributed by atoms with Crippen molar-refractivity contribution >= 4 is 40.4 Å². The molecular formula is C26H23N3O4. The van der Waals surface area contributed by atoms with Gasteiger partial charge in [0, 0.05) is 11.3 Å². The van der Waals surface area contributed by atoms with E-state index < -0.39 is 11.9 Å². The van der Waals surface area contributed by atoms with Crippen LogP contribution in [0.5, 0.6) is 0 Å². The normalized spacial score (nSPS) is 13.7. The highest BCUT2D eigenvalue weighted by Crippen LogP contribution is 2.40. The molecule has 3 N–H and O–H groups in total. The molecule has 1 heterocycles. The van der Waals surface area contributed by atoms with E-state index in [9.17, 15) is 14.4 Å². The number of fused-ring (bicyclic) bond motifs is 1. The van der Waals surface area contributed by atoms with Crippen LogP contribution in [0, 0.1) is 0 Å². The van der Waals surface area contributed by atoms with Crippen LogP contribution in [-0.4, -0.2) is 30.9 Å².